The number of carbonyl (C=O) groups is 1. The number of halogens is 1. The number of nitrogens with one attached hydrogen (secondary N) is 2. The summed E-state index contributed by atoms with van der Waals surface area (Å²) in [6.07, 6.45) is 3.43. The number of benzene rings is 1. The molecule has 2 N–H and O–H groups in total. The van der Waals surface area contributed by atoms with E-state index in [9.17, 15) is 4.79 Å². The molecule has 2 rings (SSSR count). The van der Waals surface area contributed by atoms with Crippen LogP contribution in [0.1, 0.15) is 0 Å². The summed E-state index contributed by atoms with van der Waals surface area (Å²) in [5, 5.41) is 7.55. The number of carbonyl (C=O) groups excluding carboxylic acids is 1. The van der Waals surface area contributed by atoms with Gasteiger partial charge in [0.1, 0.15) is 6.33 Å². The van der Waals surface area contributed by atoms with Crippen molar-refractivity contribution in [3.05, 3.63) is 53.0 Å². The summed E-state index contributed by atoms with van der Waals surface area (Å²) in [5.41, 5.74) is 0.610. The lowest BCUT2D eigenvalue weighted by Gasteiger charge is -2.14. The van der Waals surface area contributed by atoms with Crippen molar-refractivity contribution in [3.63, 3.8) is 0 Å². The summed E-state index contributed by atoms with van der Waals surface area (Å²) in [6, 6.07) is 7.14. The molecule has 0 aliphatic carbocycles. The number of rotatable bonds is 7. The molecule has 0 bridgehead atoms. The van der Waals surface area contributed by atoms with Crippen LogP contribution < -0.4 is 10.2 Å². The highest BCUT2D eigenvalue weighted by Crippen LogP contribution is 2.19. The fraction of sp³-hybridized carbons (Fsp3) is 0.267. The van der Waals surface area contributed by atoms with E-state index in [4.69, 9.17) is 23.8 Å². The summed E-state index contributed by atoms with van der Waals surface area (Å²) in [5.74, 6) is -0.118. The van der Waals surface area contributed by atoms with Crippen molar-refractivity contribution in [2.45, 2.75) is 13.2 Å². The largest absolute Gasteiger partial charge is 0.320 e. The minimum absolute atomic E-state index is 0.118. The van der Waals surface area contributed by atoms with Crippen molar-refractivity contribution in [2.24, 2.45) is 0 Å². The molecule has 1 atom stereocenters. The van der Waals surface area contributed by atoms with Gasteiger partial charge in [-0.1, -0.05) is 29.8 Å². The number of nitrogens with zero attached hydrogens (tertiary/aromatic N) is 3. The van der Waals surface area contributed by atoms with E-state index in [-0.39, 0.29) is 12.5 Å². The minimum Gasteiger partial charge on any atom is -0.320 e. The predicted molar refractivity (Wildman–Crippen MR) is 93.1 cm³/mol. The second-order valence-electron chi connectivity index (χ2n) is 5.17. The number of quaternary nitrogens is 1. The normalized spacial score (nSPS) is 11.9. The van der Waals surface area contributed by atoms with Crippen LogP contribution in [0, 0.1) is 4.77 Å². The number of para-hydroxylation sites is 1. The fourth-order valence-corrected chi connectivity index (χ4v) is 2.50. The molecule has 0 radical (unpaired) electrons. The lowest BCUT2D eigenvalue weighted by atomic mass is 10.3. The first kappa shape index (κ1) is 17.4. The minimum atomic E-state index is -0.118. The third-order valence-electron chi connectivity index (χ3n) is 3.15. The standard InChI is InChI=1S/C15H18ClN5OS/c1-3-8-20-10-17-21(15(20)23)11-19(2)9-14(22)18-13-7-5-4-6-12(13)16/h3-7,10H,1,8-9,11H2,2H3,(H,18,22)/p+1. The molecule has 1 heterocycles. The van der Waals surface area contributed by atoms with Gasteiger partial charge in [0.05, 0.1) is 17.8 Å². The Morgan fingerprint density at radius 2 is 2.26 bits per heavy atom. The number of likely N-dealkylation sites (N-methyl/N-ethyl adjacent to an activating group) is 1. The van der Waals surface area contributed by atoms with Gasteiger partial charge >= 0.3 is 0 Å². The van der Waals surface area contributed by atoms with E-state index in [0.717, 1.165) is 4.90 Å². The van der Waals surface area contributed by atoms with Crippen molar-refractivity contribution >= 4 is 35.4 Å². The zero-order valence-corrected chi connectivity index (χ0v) is 14.4. The Hall–Kier alpha value is -1.96. The van der Waals surface area contributed by atoms with Crippen LogP contribution in [0.4, 0.5) is 5.69 Å². The molecular formula is C15H19ClN5OS+. The van der Waals surface area contributed by atoms with Crippen LogP contribution in [0.15, 0.2) is 43.2 Å². The molecule has 1 aromatic heterocycles. The van der Waals surface area contributed by atoms with Gasteiger partial charge in [0.15, 0.2) is 13.2 Å². The number of anilines is 1. The molecule has 8 heteroatoms. The molecule has 1 amide bonds. The molecule has 0 aliphatic heterocycles. The smallest absolute Gasteiger partial charge is 0.279 e. The topological polar surface area (TPSA) is 56.3 Å². The van der Waals surface area contributed by atoms with E-state index >= 15 is 0 Å². The third-order valence-corrected chi connectivity index (χ3v) is 3.93. The highest BCUT2D eigenvalue weighted by Gasteiger charge is 2.13. The van der Waals surface area contributed by atoms with Crippen LogP contribution in [0.3, 0.4) is 0 Å². The maximum absolute atomic E-state index is 12.1. The average molecular weight is 353 g/mol. The van der Waals surface area contributed by atoms with Crippen LogP contribution in [0.25, 0.3) is 0 Å². The summed E-state index contributed by atoms with van der Waals surface area (Å²) >= 11 is 11.4. The molecule has 0 spiro atoms. The Bertz CT molecular complexity index is 754. The molecule has 1 aromatic carbocycles. The van der Waals surface area contributed by atoms with E-state index in [1.165, 1.54) is 0 Å². The molecule has 23 heavy (non-hydrogen) atoms. The summed E-state index contributed by atoms with van der Waals surface area (Å²) in [4.78, 5) is 13.0. The fourth-order valence-electron chi connectivity index (χ4n) is 2.09. The maximum atomic E-state index is 12.1. The van der Waals surface area contributed by atoms with Crippen LogP contribution in [0.5, 0.6) is 0 Å². The molecule has 0 aliphatic rings. The second-order valence-corrected chi connectivity index (χ2v) is 5.95. The number of hydrogen-bond donors (Lipinski definition) is 2. The van der Waals surface area contributed by atoms with Gasteiger partial charge in [0.2, 0.25) is 4.77 Å². The summed E-state index contributed by atoms with van der Waals surface area (Å²) in [6.45, 7) is 5.07. The molecule has 0 saturated heterocycles. The summed E-state index contributed by atoms with van der Waals surface area (Å²) < 4.78 is 4.12. The van der Waals surface area contributed by atoms with Gasteiger partial charge in [-0.15, -0.1) is 6.58 Å². The van der Waals surface area contributed by atoms with Gasteiger partial charge in [-0.2, -0.15) is 9.78 Å². The number of hydrogen-bond acceptors (Lipinski definition) is 3. The van der Waals surface area contributed by atoms with Crippen LogP contribution in [-0.4, -0.2) is 33.8 Å². The number of allylic oxidation sites excluding steroid dienone is 1. The lowest BCUT2D eigenvalue weighted by Crippen LogP contribution is -3.09. The van der Waals surface area contributed by atoms with Crippen molar-refractivity contribution in [3.8, 4) is 0 Å². The predicted octanol–water partition coefficient (Wildman–Crippen LogP) is 1.36. The molecule has 2 aromatic rings. The molecule has 122 valence electrons. The second kappa shape index (κ2) is 8.05. The Labute approximate surface area is 145 Å². The number of amides is 1. The zero-order valence-electron chi connectivity index (χ0n) is 12.8. The van der Waals surface area contributed by atoms with E-state index in [2.05, 4.69) is 17.0 Å². The Morgan fingerprint density at radius 3 is 2.96 bits per heavy atom. The van der Waals surface area contributed by atoms with Gasteiger partial charge < -0.3 is 14.8 Å². The first-order valence-electron chi connectivity index (χ1n) is 7.10. The molecule has 0 fully saturated rings. The lowest BCUT2D eigenvalue weighted by molar-refractivity contribution is -0.895. The Kier molecular flexibility index (Phi) is 6.09. The van der Waals surface area contributed by atoms with Crippen LogP contribution in [0.2, 0.25) is 5.02 Å². The van der Waals surface area contributed by atoms with E-state index in [1.54, 1.807) is 29.2 Å². The van der Waals surface area contributed by atoms with E-state index in [1.807, 2.05) is 23.7 Å². The Morgan fingerprint density at radius 1 is 1.52 bits per heavy atom. The van der Waals surface area contributed by atoms with Crippen LogP contribution in [-0.2, 0) is 18.0 Å². The molecule has 6 nitrogen and oxygen atoms in total. The molecule has 0 saturated carbocycles. The first-order chi connectivity index (χ1) is 11.0. The van der Waals surface area contributed by atoms with E-state index < -0.39 is 0 Å². The van der Waals surface area contributed by atoms with Gasteiger partial charge in [0.25, 0.3) is 5.91 Å². The van der Waals surface area contributed by atoms with Crippen molar-refractivity contribution in [2.75, 3.05) is 18.9 Å². The van der Waals surface area contributed by atoms with Crippen molar-refractivity contribution < 1.29 is 9.69 Å². The highest BCUT2D eigenvalue weighted by molar-refractivity contribution is 7.71. The van der Waals surface area contributed by atoms with Crippen LogP contribution >= 0.6 is 23.8 Å². The first-order valence-corrected chi connectivity index (χ1v) is 7.88. The third kappa shape index (κ3) is 4.75. The zero-order chi connectivity index (χ0) is 16.8. The monoisotopic (exact) mass is 352 g/mol. The van der Waals surface area contributed by atoms with Gasteiger partial charge in [-0.05, 0) is 24.4 Å². The SMILES string of the molecule is C=CCn1cnn(C[NH+](C)CC(=O)Nc2ccccc2Cl)c1=S. The van der Waals surface area contributed by atoms with Gasteiger partial charge in [0, 0.05) is 6.54 Å². The maximum Gasteiger partial charge on any atom is 0.279 e. The molecular weight excluding hydrogens is 334 g/mol. The van der Waals surface area contributed by atoms with Gasteiger partial charge in [-0.3, -0.25) is 4.79 Å². The van der Waals surface area contributed by atoms with Gasteiger partial charge in [-0.25, -0.2) is 0 Å². The van der Waals surface area contributed by atoms with E-state index in [0.29, 0.717) is 28.7 Å². The van der Waals surface area contributed by atoms with Crippen molar-refractivity contribution in [1.82, 2.24) is 14.3 Å². The quantitative estimate of drug-likeness (QED) is 0.584. The average Bonchev–Trinajstić information content (AvgIpc) is 2.83. The molecule has 1 unspecified atom stereocenters. The highest BCUT2D eigenvalue weighted by atomic mass is 35.5. The Balaban J connectivity index is 1.93. The van der Waals surface area contributed by atoms with Crippen molar-refractivity contribution in [1.29, 1.82) is 0 Å². The number of aromatic nitrogens is 3. The summed E-state index contributed by atoms with van der Waals surface area (Å²) in [7, 11) is 1.90.